The van der Waals surface area contributed by atoms with E-state index in [4.69, 9.17) is 9.47 Å². The van der Waals surface area contributed by atoms with Crippen molar-refractivity contribution in [1.82, 2.24) is 0 Å². The molecular weight excluding hydrogens is 360 g/mol. The summed E-state index contributed by atoms with van der Waals surface area (Å²) in [7, 11) is 0. The first kappa shape index (κ1) is 27.4. The monoisotopic (exact) mass is 404 g/mol. The van der Waals surface area contributed by atoms with Crippen LogP contribution in [-0.4, -0.2) is 24.3 Å². The number of carbonyl (C=O) groups is 1. The maximum absolute atomic E-state index is 12.0. The standard InChI is InChI=1S/C26H44O3/c1-6-8-9-10-11-12-13-14-15-16-17-18-19-20-21-22-23-28-24(7-2)25(27)29-26(3,4)5/h8-9,11-12,14-15,17-18,24H,6-7,10,13,16,19-23H2,1-5H3/b9-8-,12-11-,15-14-,18-17-. The van der Waals surface area contributed by atoms with Crippen molar-refractivity contribution in [2.75, 3.05) is 6.61 Å². The molecule has 0 aliphatic carbocycles. The summed E-state index contributed by atoms with van der Waals surface area (Å²) in [6.45, 7) is 10.4. The van der Waals surface area contributed by atoms with E-state index in [0.29, 0.717) is 13.0 Å². The van der Waals surface area contributed by atoms with Crippen LogP contribution in [0.4, 0.5) is 0 Å². The van der Waals surface area contributed by atoms with E-state index >= 15 is 0 Å². The molecule has 1 unspecified atom stereocenters. The third-order valence-electron chi connectivity index (χ3n) is 4.09. The van der Waals surface area contributed by atoms with Gasteiger partial charge in [-0.2, -0.15) is 0 Å². The molecule has 3 nitrogen and oxygen atoms in total. The van der Waals surface area contributed by atoms with Crippen molar-refractivity contribution >= 4 is 5.97 Å². The van der Waals surface area contributed by atoms with E-state index in [1.807, 2.05) is 27.7 Å². The minimum absolute atomic E-state index is 0.250. The van der Waals surface area contributed by atoms with E-state index in [1.54, 1.807) is 0 Å². The fourth-order valence-electron chi connectivity index (χ4n) is 2.58. The van der Waals surface area contributed by atoms with Crippen LogP contribution in [0, 0.1) is 0 Å². The fraction of sp³-hybridized carbons (Fsp3) is 0.654. The SMILES string of the molecule is CC/C=C\C/C=C\C/C=C\C/C=C\CCCCCOC(CC)C(=O)OC(C)(C)C. The van der Waals surface area contributed by atoms with E-state index in [2.05, 4.69) is 55.5 Å². The van der Waals surface area contributed by atoms with Crippen LogP contribution in [-0.2, 0) is 14.3 Å². The lowest BCUT2D eigenvalue weighted by Gasteiger charge is -2.23. The Balaban J connectivity index is 3.65. The second kappa shape index (κ2) is 18.4. The Bertz CT molecular complexity index is 507. The van der Waals surface area contributed by atoms with Crippen molar-refractivity contribution in [3.05, 3.63) is 48.6 Å². The molecule has 0 aliphatic rings. The minimum Gasteiger partial charge on any atom is -0.458 e. The van der Waals surface area contributed by atoms with Gasteiger partial charge in [-0.3, -0.25) is 0 Å². The number of rotatable bonds is 16. The number of esters is 1. The zero-order valence-corrected chi connectivity index (χ0v) is 19.5. The van der Waals surface area contributed by atoms with Crippen molar-refractivity contribution in [1.29, 1.82) is 0 Å². The molecule has 0 saturated carbocycles. The fourth-order valence-corrected chi connectivity index (χ4v) is 2.58. The van der Waals surface area contributed by atoms with Gasteiger partial charge in [-0.25, -0.2) is 4.79 Å². The van der Waals surface area contributed by atoms with Gasteiger partial charge in [0.05, 0.1) is 0 Å². The number of ether oxygens (including phenoxy) is 2. The Morgan fingerprint density at radius 2 is 1.34 bits per heavy atom. The summed E-state index contributed by atoms with van der Waals surface area (Å²) in [6.07, 6.45) is 26.5. The lowest BCUT2D eigenvalue weighted by Crippen LogP contribution is -2.33. The topological polar surface area (TPSA) is 35.5 Å². The molecule has 1 atom stereocenters. The molecule has 3 heteroatoms. The smallest absolute Gasteiger partial charge is 0.335 e. The van der Waals surface area contributed by atoms with Crippen LogP contribution < -0.4 is 0 Å². The first-order chi connectivity index (χ1) is 13.9. The Morgan fingerprint density at radius 3 is 1.86 bits per heavy atom. The van der Waals surface area contributed by atoms with Crippen LogP contribution in [0.5, 0.6) is 0 Å². The highest BCUT2D eigenvalue weighted by Gasteiger charge is 2.24. The lowest BCUT2D eigenvalue weighted by molar-refractivity contribution is -0.168. The average molecular weight is 405 g/mol. The number of allylic oxidation sites excluding steroid dienone is 8. The van der Waals surface area contributed by atoms with Gasteiger partial charge in [-0.15, -0.1) is 0 Å². The average Bonchev–Trinajstić information content (AvgIpc) is 2.65. The van der Waals surface area contributed by atoms with Crippen LogP contribution >= 0.6 is 0 Å². The predicted molar refractivity (Wildman–Crippen MR) is 125 cm³/mol. The molecule has 0 aromatic carbocycles. The summed E-state index contributed by atoms with van der Waals surface area (Å²) in [5, 5.41) is 0. The molecule has 0 aromatic heterocycles. The Hall–Kier alpha value is -1.61. The quantitative estimate of drug-likeness (QED) is 0.152. The lowest BCUT2D eigenvalue weighted by atomic mass is 10.1. The van der Waals surface area contributed by atoms with Gasteiger partial charge < -0.3 is 9.47 Å². The number of unbranched alkanes of at least 4 members (excludes halogenated alkanes) is 3. The molecule has 0 rings (SSSR count). The van der Waals surface area contributed by atoms with Gasteiger partial charge >= 0.3 is 5.97 Å². The van der Waals surface area contributed by atoms with Crippen LogP contribution in [0.25, 0.3) is 0 Å². The highest BCUT2D eigenvalue weighted by molar-refractivity contribution is 5.75. The molecule has 0 saturated heterocycles. The zero-order valence-electron chi connectivity index (χ0n) is 19.5. The third kappa shape index (κ3) is 19.5. The van der Waals surface area contributed by atoms with Gasteiger partial charge in [-0.05, 0) is 72.1 Å². The predicted octanol–water partition coefficient (Wildman–Crippen LogP) is 7.49. The molecule has 0 amide bonds. The van der Waals surface area contributed by atoms with Gasteiger partial charge in [0, 0.05) is 6.61 Å². The van der Waals surface area contributed by atoms with Gasteiger partial charge in [-0.1, -0.05) is 68.9 Å². The number of carbonyl (C=O) groups excluding carboxylic acids is 1. The van der Waals surface area contributed by atoms with E-state index in [1.165, 1.54) is 0 Å². The maximum Gasteiger partial charge on any atom is 0.335 e. The normalized spacial score (nSPS) is 14.0. The van der Waals surface area contributed by atoms with Crippen molar-refractivity contribution in [3.63, 3.8) is 0 Å². The molecule has 0 fully saturated rings. The van der Waals surface area contributed by atoms with Crippen molar-refractivity contribution in [3.8, 4) is 0 Å². The molecule has 0 radical (unpaired) electrons. The molecule has 0 heterocycles. The first-order valence-electron chi connectivity index (χ1n) is 11.3. The van der Waals surface area contributed by atoms with Crippen LogP contribution in [0.2, 0.25) is 0 Å². The number of hydrogen-bond acceptors (Lipinski definition) is 3. The van der Waals surface area contributed by atoms with Crippen LogP contribution in [0.15, 0.2) is 48.6 Å². The van der Waals surface area contributed by atoms with E-state index in [0.717, 1.165) is 51.4 Å². The molecule has 0 N–H and O–H groups in total. The van der Waals surface area contributed by atoms with Crippen molar-refractivity contribution in [2.24, 2.45) is 0 Å². The van der Waals surface area contributed by atoms with E-state index in [-0.39, 0.29) is 5.97 Å². The van der Waals surface area contributed by atoms with Gasteiger partial charge in [0.15, 0.2) is 6.10 Å². The summed E-state index contributed by atoms with van der Waals surface area (Å²) < 4.78 is 11.1. The second-order valence-electron chi connectivity index (χ2n) is 8.15. The summed E-state index contributed by atoms with van der Waals surface area (Å²) in [6, 6.07) is 0. The summed E-state index contributed by atoms with van der Waals surface area (Å²) >= 11 is 0. The zero-order chi connectivity index (χ0) is 21.8. The second-order valence-corrected chi connectivity index (χ2v) is 8.15. The van der Waals surface area contributed by atoms with Gasteiger partial charge in [0.25, 0.3) is 0 Å². The molecule has 0 aliphatic heterocycles. The maximum atomic E-state index is 12.0. The Morgan fingerprint density at radius 1 is 0.793 bits per heavy atom. The summed E-state index contributed by atoms with van der Waals surface area (Å²) in [5.41, 5.74) is -0.460. The van der Waals surface area contributed by atoms with Gasteiger partial charge in [0.2, 0.25) is 0 Å². The molecule has 166 valence electrons. The van der Waals surface area contributed by atoms with E-state index in [9.17, 15) is 4.79 Å². The minimum atomic E-state index is -0.460. The van der Waals surface area contributed by atoms with Gasteiger partial charge in [0.1, 0.15) is 5.60 Å². The largest absolute Gasteiger partial charge is 0.458 e. The molecule has 29 heavy (non-hydrogen) atoms. The highest BCUT2D eigenvalue weighted by atomic mass is 16.6. The summed E-state index contributed by atoms with van der Waals surface area (Å²) in [4.78, 5) is 12.0. The van der Waals surface area contributed by atoms with Crippen molar-refractivity contribution < 1.29 is 14.3 Å². The van der Waals surface area contributed by atoms with Crippen LogP contribution in [0.1, 0.15) is 92.4 Å². The highest BCUT2D eigenvalue weighted by Crippen LogP contribution is 2.12. The third-order valence-corrected chi connectivity index (χ3v) is 4.09. The van der Waals surface area contributed by atoms with Crippen molar-refractivity contribution in [2.45, 2.75) is 104 Å². The van der Waals surface area contributed by atoms with E-state index < -0.39 is 11.7 Å². The number of hydrogen-bond donors (Lipinski definition) is 0. The molecular formula is C26H44O3. The molecule has 0 bridgehead atoms. The first-order valence-corrected chi connectivity index (χ1v) is 11.3. The van der Waals surface area contributed by atoms with Crippen LogP contribution in [0.3, 0.4) is 0 Å². The summed E-state index contributed by atoms with van der Waals surface area (Å²) in [5.74, 6) is -0.250. The Labute approximate surface area is 179 Å². The molecule has 0 aromatic rings. The Kier molecular flexibility index (Phi) is 17.4. The molecule has 0 spiro atoms.